The van der Waals surface area contributed by atoms with Crippen LogP contribution >= 0.6 is 0 Å². The van der Waals surface area contributed by atoms with E-state index in [9.17, 15) is 10.0 Å². The Morgan fingerprint density at radius 2 is 1.96 bits per heavy atom. The highest BCUT2D eigenvalue weighted by molar-refractivity contribution is 6.06. The molecule has 0 saturated carbocycles. The predicted molar refractivity (Wildman–Crippen MR) is 90.2 cm³/mol. The zero-order chi connectivity index (χ0) is 17.6. The van der Waals surface area contributed by atoms with Crippen LogP contribution in [-0.2, 0) is 0 Å². The predicted octanol–water partition coefficient (Wildman–Crippen LogP) is 3.02. The lowest BCUT2D eigenvalue weighted by molar-refractivity contribution is -0.910. The van der Waals surface area contributed by atoms with Gasteiger partial charge < -0.3 is 5.21 Å². The van der Waals surface area contributed by atoms with E-state index >= 15 is 0 Å². The van der Waals surface area contributed by atoms with Gasteiger partial charge >= 0.3 is 5.82 Å². The van der Waals surface area contributed by atoms with Crippen molar-refractivity contribution < 1.29 is 14.7 Å². The van der Waals surface area contributed by atoms with Gasteiger partial charge in [-0.3, -0.25) is 9.48 Å². The van der Waals surface area contributed by atoms with Crippen molar-refractivity contribution in [2.24, 2.45) is 0 Å². The Hall–Kier alpha value is -2.76. The van der Waals surface area contributed by atoms with Crippen LogP contribution in [0, 0.1) is 13.8 Å². The third-order valence-electron chi connectivity index (χ3n) is 4.13. The van der Waals surface area contributed by atoms with Gasteiger partial charge in [0, 0.05) is 25.3 Å². The molecule has 1 N–H and O–H groups in total. The Balaban J connectivity index is 2.31. The molecule has 2 aromatic heterocycles. The molecular formula is C18H21N4O2+. The zero-order valence-corrected chi connectivity index (χ0v) is 14.5. The van der Waals surface area contributed by atoms with Gasteiger partial charge in [-0.1, -0.05) is 9.71 Å². The number of fused-ring (bicyclic) bond motifs is 1. The number of carbonyl (C=O) groups excluding carboxylic acids is 1. The van der Waals surface area contributed by atoms with Crippen LogP contribution in [0.3, 0.4) is 0 Å². The number of rotatable bonds is 3. The Kier molecular flexibility index (Phi) is 3.83. The summed E-state index contributed by atoms with van der Waals surface area (Å²) >= 11 is 0. The second kappa shape index (κ2) is 5.70. The Morgan fingerprint density at radius 1 is 1.25 bits per heavy atom. The van der Waals surface area contributed by atoms with Gasteiger partial charge in [-0.25, -0.2) is 0 Å². The topological polar surface area (TPSA) is 71.9 Å². The first-order chi connectivity index (χ1) is 11.3. The normalized spacial score (nSPS) is 11.4. The van der Waals surface area contributed by atoms with Gasteiger partial charge in [0.05, 0.1) is 11.1 Å². The van der Waals surface area contributed by atoms with Gasteiger partial charge in [0.25, 0.3) is 0 Å². The molecule has 0 spiro atoms. The van der Waals surface area contributed by atoms with Crippen molar-refractivity contribution >= 4 is 16.7 Å². The Morgan fingerprint density at radius 3 is 2.54 bits per heavy atom. The number of nitrogens with zero attached hydrogens (tertiary/aromatic N) is 4. The monoisotopic (exact) mass is 325 g/mol. The number of carbonyl (C=O) groups is 1. The van der Waals surface area contributed by atoms with Gasteiger partial charge in [-0.15, -0.1) is 0 Å². The van der Waals surface area contributed by atoms with Crippen molar-refractivity contribution in [3.8, 4) is 11.1 Å². The van der Waals surface area contributed by atoms with E-state index in [4.69, 9.17) is 0 Å². The molecule has 0 atom stereocenters. The van der Waals surface area contributed by atoms with Crippen LogP contribution in [0.2, 0.25) is 0 Å². The van der Waals surface area contributed by atoms with Gasteiger partial charge in [0.1, 0.15) is 11.9 Å². The van der Waals surface area contributed by atoms with Crippen molar-refractivity contribution in [1.82, 2.24) is 14.8 Å². The Bertz CT molecular complexity index is 957. The minimum absolute atomic E-state index is 0.0600. The fourth-order valence-corrected chi connectivity index (χ4v) is 2.91. The molecule has 0 aliphatic carbocycles. The van der Waals surface area contributed by atoms with Crippen LogP contribution in [0.1, 0.15) is 48.7 Å². The van der Waals surface area contributed by atoms with Crippen molar-refractivity contribution in [1.29, 1.82) is 0 Å². The van der Waals surface area contributed by atoms with Crippen LogP contribution < -0.4 is 4.73 Å². The maximum Gasteiger partial charge on any atom is 0.333 e. The molecule has 6 heteroatoms. The maximum atomic E-state index is 12.0. The van der Waals surface area contributed by atoms with Crippen LogP contribution in [0.15, 0.2) is 24.5 Å². The highest BCUT2D eigenvalue weighted by atomic mass is 16.5. The quantitative estimate of drug-likeness (QED) is 0.456. The first-order valence-corrected chi connectivity index (χ1v) is 7.91. The number of aromatic nitrogens is 4. The van der Waals surface area contributed by atoms with Crippen LogP contribution in [0.4, 0.5) is 0 Å². The lowest BCUT2D eigenvalue weighted by atomic mass is 10.0. The fraction of sp³-hybridized carbons (Fsp3) is 0.333. The molecule has 0 aliphatic rings. The minimum atomic E-state index is -0.0600. The van der Waals surface area contributed by atoms with E-state index in [0.29, 0.717) is 11.5 Å². The fourth-order valence-electron chi connectivity index (χ4n) is 2.91. The number of aryl methyl sites for hydroxylation is 2. The van der Waals surface area contributed by atoms with E-state index < -0.39 is 0 Å². The molecule has 0 fully saturated rings. The summed E-state index contributed by atoms with van der Waals surface area (Å²) in [6.07, 6.45) is 3.33. The molecule has 24 heavy (non-hydrogen) atoms. The first-order valence-electron chi connectivity index (χ1n) is 7.91. The summed E-state index contributed by atoms with van der Waals surface area (Å²) in [5.74, 6) is 0.448. The summed E-state index contributed by atoms with van der Waals surface area (Å²) in [6.45, 7) is 9.35. The molecule has 0 unspecified atom stereocenters. The summed E-state index contributed by atoms with van der Waals surface area (Å²) in [4.78, 5) is 16.2. The van der Waals surface area contributed by atoms with Gasteiger partial charge in [-0.05, 0) is 44.0 Å². The number of hydrogen-bond acceptors (Lipinski definition) is 4. The van der Waals surface area contributed by atoms with Crippen LogP contribution in [0.5, 0.6) is 0 Å². The average Bonchev–Trinajstić information content (AvgIpc) is 2.90. The summed E-state index contributed by atoms with van der Waals surface area (Å²) in [5, 5.41) is 15.2. The van der Waals surface area contributed by atoms with Gasteiger partial charge in [0.15, 0.2) is 12.0 Å². The molecule has 3 aromatic rings. The molecule has 0 radical (unpaired) electrons. The van der Waals surface area contributed by atoms with Crippen molar-refractivity contribution in [2.45, 2.75) is 40.7 Å². The third kappa shape index (κ3) is 2.54. The molecule has 1 aromatic carbocycles. The Labute approximate surface area is 140 Å². The van der Waals surface area contributed by atoms with E-state index in [1.807, 2.05) is 37.6 Å². The van der Waals surface area contributed by atoms with Crippen LogP contribution in [-0.4, -0.2) is 25.8 Å². The number of Topliss-reactive ketones (excluding diaryl/α,β-unsaturated/α-hetero) is 1. The molecule has 6 nitrogen and oxygen atoms in total. The maximum absolute atomic E-state index is 12.0. The number of hydrogen-bond donors (Lipinski definition) is 1. The highest BCUT2D eigenvalue weighted by Gasteiger charge is 2.19. The molecule has 0 saturated heterocycles. The second-order valence-corrected chi connectivity index (χ2v) is 6.37. The van der Waals surface area contributed by atoms with Crippen molar-refractivity contribution in [3.63, 3.8) is 0 Å². The summed E-state index contributed by atoms with van der Waals surface area (Å²) in [6, 6.07) is 4.13. The van der Waals surface area contributed by atoms with Gasteiger partial charge in [-0.2, -0.15) is 5.10 Å². The molecule has 0 amide bonds. The van der Waals surface area contributed by atoms with E-state index in [-0.39, 0.29) is 11.8 Å². The van der Waals surface area contributed by atoms with E-state index in [1.165, 1.54) is 6.92 Å². The van der Waals surface area contributed by atoms with Gasteiger partial charge in [0.2, 0.25) is 0 Å². The smallest absolute Gasteiger partial charge is 0.333 e. The number of benzene rings is 1. The van der Waals surface area contributed by atoms with Crippen LogP contribution in [0.25, 0.3) is 22.0 Å². The lowest BCUT2D eigenvalue weighted by Crippen LogP contribution is -2.34. The molecule has 2 heterocycles. The van der Waals surface area contributed by atoms with E-state index in [2.05, 4.69) is 10.1 Å². The molecule has 0 bridgehead atoms. The highest BCUT2D eigenvalue weighted by Crippen LogP contribution is 2.30. The van der Waals surface area contributed by atoms with E-state index in [1.54, 1.807) is 19.3 Å². The molecular weight excluding hydrogens is 304 g/mol. The van der Waals surface area contributed by atoms with Crippen molar-refractivity contribution in [3.05, 3.63) is 41.6 Å². The summed E-state index contributed by atoms with van der Waals surface area (Å²) < 4.78 is 2.89. The SMILES string of the molecule is CC(=O)c1nn(C(C)C)c2c(C)cc(-c3cnc(C)[n+](O)c3)cc12. The minimum Gasteiger partial charge on any atom is -0.350 e. The molecule has 0 aliphatic heterocycles. The molecule has 124 valence electrons. The summed E-state index contributed by atoms with van der Waals surface area (Å²) in [7, 11) is 0. The first kappa shape index (κ1) is 16.1. The average molecular weight is 325 g/mol. The standard InChI is InChI=1S/C18H21N4O2/c1-10(2)22-18-11(3)6-14(7-16(18)17(20-22)12(4)23)15-8-19-13(5)21(24)9-15/h6-10,24H,1-5H3/q+1. The molecule has 3 rings (SSSR count). The lowest BCUT2D eigenvalue weighted by Gasteiger charge is -2.10. The van der Waals surface area contributed by atoms with E-state index in [0.717, 1.165) is 32.3 Å². The third-order valence-corrected chi connectivity index (χ3v) is 4.13. The van der Waals surface area contributed by atoms with Crippen molar-refractivity contribution in [2.75, 3.05) is 0 Å². The summed E-state index contributed by atoms with van der Waals surface area (Å²) in [5.41, 5.74) is 4.14. The number of ketones is 1. The second-order valence-electron chi connectivity index (χ2n) is 6.37. The zero-order valence-electron chi connectivity index (χ0n) is 14.5. The largest absolute Gasteiger partial charge is 0.350 e.